The van der Waals surface area contributed by atoms with E-state index in [9.17, 15) is 4.79 Å². The number of hydrogen-bond acceptors (Lipinski definition) is 3. The SMILES string of the molecule is CCc1ccsc1C(=O)Nc1cc(C(C)(C)C)nn1C(C)(C)C. The van der Waals surface area contributed by atoms with Crippen LogP contribution >= 0.6 is 11.3 Å². The first-order valence-corrected chi connectivity index (χ1v) is 8.90. The predicted octanol–water partition coefficient (Wildman–Crippen LogP) is 4.81. The van der Waals surface area contributed by atoms with Crippen LogP contribution in [0, 0.1) is 0 Å². The van der Waals surface area contributed by atoms with E-state index < -0.39 is 0 Å². The van der Waals surface area contributed by atoms with Gasteiger partial charge >= 0.3 is 0 Å². The molecule has 2 aromatic rings. The van der Waals surface area contributed by atoms with E-state index >= 15 is 0 Å². The Hall–Kier alpha value is -1.62. The molecule has 0 unspecified atom stereocenters. The van der Waals surface area contributed by atoms with Gasteiger partial charge in [0.25, 0.3) is 5.91 Å². The van der Waals surface area contributed by atoms with E-state index in [1.807, 2.05) is 22.2 Å². The Kier molecular flexibility index (Phi) is 4.71. The van der Waals surface area contributed by atoms with Gasteiger partial charge in [0.15, 0.2) is 0 Å². The Balaban J connectivity index is 2.39. The van der Waals surface area contributed by atoms with Crippen LogP contribution in [0.25, 0.3) is 0 Å². The second-order valence-electron chi connectivity index (χ2n) is 7.83. The van der Waals surface area contributed by atoms with Crippen molar-refractivity contribution in [3.05, 3.63) is 33.6 Å². The van der Waals surface area contributed by atoms with E-state index in [1.54, 1.807) is 0 Å². The van der Waals surface area contributed by atoms with Gasteiger partial charge in [-0.3, -0.25) is 4.79 Å². The van der Waals surface area contributed by atoms with Gasteiger partial charge in [0.1, 0.15) is 5.82 Å². The summed E-state index contributed by atoms with van der Waals surface area (Å²) in [7, 11) is 0. The summed E-state index contributed by atoms with van der Waals surface area (Å²) in [6.07, 6.45) is 0.859. The zero-order valence-electron chi connectivity index (χ0n) is 15.2. The molecule has 2 heterocycles. The molecule has 0 saturated heterocycles. The van der Waals surface area contributed by atoms with Gasteiger partial charge < -0.3 is 5.32 Å². The molecule has 0 aliphatic heterocycles. The lowest BCUT2D eigenvalue weighted by atomic mass is 9.92. The number of nitrogens with zero attached hydrogens (tertiary/aromatic N) is 2. The minimum Gasteiger partial charge on any atom is -0.306 e. The molecule has 23 heavy (non-hydrogen) atoms. The summed E-state index contributed by atoms with van der Waals surface area (Å²) in [4.78, 5) is 13.4. The molecule has 0 aliphatic carbocycles. The molecular weight excluding hydrogens is 306 g/mol. The van der Waals surface area contributed by atoms with E-state index in [0.29, 0.717) is 0 Å². The molecule has 1 amide bonds. The summed E-state index contributed by atoms with van der Waals surface area (Å²) in [5.74, 6) is 0.700. The molecule has 2 rings (SSSR count). The molecule has 0 fully saturated rings. The van der Waals surface area contributed by atoms with Crippen LogP contribution < -0.4 is 5.32 Å². The quantitative estimate of drug-likeness (QED) is 0.876. The summed E-state index contributed by atoms with van der Waals surface area (Å²) in [5, 5.41) is 9.76. The highest BCUT2D eigenvalue weighted by atomic mass is 32.1. The minimum atomic E-state index is -0.199. The van der Waals surface area contributed by atoms with E-state index in [2.05, 4.69) is 53.8 Å². The van der Waals surface area contributed by atoms with Gasteiger partial charge in [-0.25, -0.2) is 4.68 Å². The van der Waals surface area contributed by atoms with E-state index in [-0.39, 0.29) is 16.9 Å². The standard InChI is InChI=1S/C18H27N3OS/c1-8-12-9-10-23-15(12)16(22)19-14-11-13(17(2,3)4)20-21(14)18(5,6)7/h9-11H,8H2,1-7H3,(H,19,22). The first-order chi connectivity index (χ1) is 10.5. The summed E-state index contributed by atoms with van der Waals surface area (Å²) < 4.78 is 1.91. The Morgan fingerprint density at radius 1 is 1.26 bits per heavy atom. The number of nitrogens with one attached hydrogen (secondary N) is 1. The molecule has 2 aromatic heterocycles. The molecule has 0 saturated carbocycles. The third-order valence-corrected chi connectivity index (χ3v) is 4.64. The number of anilines is 1. The van der Waals surface area contributed by atoms with Crippen molar-refractivity contribution in [2.45, 2.75) is 65.8 Å². The van der Waals surface area contributed by atoms with Crippen LogP contribution in [0.3, 0.4) is 0 Å². The maximum atomic E-state index is 12.7. The van der Waals surface area contributed by atoms with Gasteiger partial charge in [-0.15, -0.1) is 11.3 Å². The van der Waals surface area contributed by atoms with Crippen LogP contribution in [-0.2, 0) is 17.4 Å². The number of rotatable bonds is 3. The van der Waals surface area contributed by atoms with Gasteiger partial charge in [0.05, 0.1) is 16.1 Å². The first kappa shape index (κ1) is 17.7. The average Bonchev–Trinajstić information content (AvgIpc) is 3.02. The fourth-order valence-electron chi connectivity index (χ4n) is 2.33. The van der Waals surface area contributed by atoms with E-state index in [0.717, 1.165) is 28.4 Å². The second-order valence-corrected chi connectivity index (χ2v) is 8.75. The van der Waals surface area contributed by atoms with Crippen molar-refractivity contribution in [3.63, 3.8) is 0 Å². The van der Waals surface area contributed by atoms with Crippen LogP contribution in [0.1, 0.15) is 69.4 Å². The minimum absolute atomic E-state index is 0.0530. The molecule has 0 aliphatic rings. The first-order valence-electron chi connectivity index (χ1n) is 8.02. The highest BCUT2D eigenvalue weighted by Crippen LogP contribution is 2.29. The average molecular weight is 334 g/mol. The Bertz CT molecular complexity index is 699. The molecule has 5 heteroatoms. The Morgan fingerprint density at radius 3 is 2.43 bits per heavy atom. The lowest BCUT2D eigenvalue weighted by molar-refractivity contribution is 0.102. The van der Waals surface area contributed by atoms with Crippen molar-refractivity contribution < 1.29 is 4.79 Å². The fraction of sp³-hybridized carbons (Fsp3) is 0.556. The largest absolute Gasteiger partial charge is 0.306 e. The zero-order chi connectivity index (χ0) is 17.4. The third-order valence-electron chi connectivity index (χ3n) is 3.69. The Morgan fingerprint density at radius 2 is 1.91 bits per heavy atom. The van der Waals surface area contributed by atoms with E-state index in [1.165, 1.54) is 11.3 Å². The van der Waals surface area contributed by atoms with Crippen LogP contribution in [0.4, 0.5) is 5.82 Å². The molecule has 0 spiro atoms. The monoisotopic (exact) mass is 333 g/mol. The molecule has 1 N–H and O–H groups in total. The highest BCUT2D eigenvalue weighted by molar-refractivity contribution is 7.12. The molecule has 0 aromatic carbocycles. The van der Waals surface area contributed by atoms with Crippen molar-refractivity contribution in [1.29, 1.82) is 0 Å². The Labute approximate surface area is 142 Å². The zero-order valence-corrected chi connectivity index (χ0v) is 16.0. The van der Waals surface area contributed by atoms with Crippen molar-refractivity contribution in [3.8, 4) is 0 Å². The topological polar surface area (TPSA) is 46.9 Å². The number of thiophene rings is 1. The van der Waals surface area contributed by atoms with Crippen molar-refractivity contribution in [2.24, 2.45) is 0 Å². The van der Waals surface area contributed by atoms with Crippen molar-refractivity contribution in [2.75, 3.05) is 5.32 Å². The van der Waals surface area contributed by atoms with Gasteiger partial charge in [-0.2, -0.15) is 5.10 Å². The van der Waals surface area contributed by atoms with Gasteiger partial charge in [0.2, 0.25) is 0 Å². The van der Waals surface area contributed by atoms with Crippen LogP contribution in [-0.4, -0.2) is 15.7 Å². The van der Waals surface area contributed by atoms with Crippen LogP contribution in [0.5, 0.6) is 0 Å². The van der Waals surface area contributed by atoms with Crippen LogP contribution in [0.15, 0.2) is 17.5 Å². The second kappa shape index (κ2) is 6.11. The maximum absolute atomic E-state index is 12.7. The predicted molar refractivity (Wildman–Crippen MR) is 97.6 cm³/mol. The normalized spacial score (nSPS) is 12.5. The summed E-state index contributed by atoms with van der Waals surface area (Å²) in [5.41, 5.74) is 1.80. The lowest BCUT2D eigenvalue weighted by Crippen LogP contribution is -2.27. The number of hydrogen-bond donors (Lipinski definition) is 1. The summed E-state index contributed by atoms with van der Waals surface area (Å²) >= 11 is 1.49. The molecule has 126 valence electrons. The fourth-order valence-corrected chi connectivity index (χ4v) is 3.22. The maximum Gasteiger partial charge on any atom is 0.267 e. The summed E-state index contributed by atoms with van der Waals surface area (Å²) in [6, 6.07) is 4.00. The number of carbonyl (C=O) groups is 1. The smallest absolute Gasteiger partial charge is 0.267 e. The number of aromatic nitrogens is 2. The van der Waals surface area contributed by atoms with Crippen molar-refractivity contribution >= 4 is 23.1 Å². The third kappa shape index (κ3) is 3.83. The lowest BCUT2D eigenvalue weighted by Gasteiger charge is -2.23. The van der Waals surface area contributed by atoms with Gasteiger partial charge in [0, 0.05) is 11.5 Å². The van der Waals surface area contributed by atoms with Gasteiger partial charge in [-0.1, -0.05) is 27.7 Å². The number of amides is 1. The highest BCUT2D eigenvalue weighted by Gasteiger charge is 2.26. The molecular formula is C18H27N3OS. The van der Waals surface area contributed by atoms with Crippen LogP contribution in [0.2, 0.25) is 0 Å². The summed E-state index contributed by atoms with van der Waals surface area (Å²) in [6.45, 7) is 14.7. The number of carbonyl (C=O) groups excluding carboxylic acids is 1. The molecule has 0 radical (unpaired) electrons. The van der Waals surface area contributed by atoms with Crippen molar-refractivity contribution in [1.82, 2.24) is 9.78 Å². The molecule has 4 nitrogen and oxygen atoms in total. The van der Waals surface area contributed by atoms with E-state index in [4.69, 9.17) is 5.10 Å². The number of aryl methyl sites for hydroxylation is 1. The van der Waals surface area contributed by atoms with Gasteiger partial charge in [-0.05, 0) is 44.2 Å². The molecule has 0 bridgehead atoms. The molecule has 0 atom stereocenters.